The van der Waals surface area contributed by atoms with Crippen LogP contribution in [0.25, 0.3) is 5.65 Å². The van der Waals surface area contributed by atoms with Gasteiger partial charge in [0.1, 0.15) is 0 Å². The second-order valence-corrected chi connectivity index (χ2v) is 4.89. The van der Waals surface area contributed by atoms with Crippen molar-refractivity contribution in [1.82, 2.24) is 24.9 Å². The van der Waals surface area contributed by atoms with Crippen LogP contribution in [0, 0.1) is 6.92 Å². The van der Waals surface area contributed by atoms with Gasteiger partial charge in [0.15, 0.2) is 11.5 Å². The zero-order valence-electron chi connectivity index (χ0n) is 11.6. The number of aryl methyl sites for hydroxylation is 1. The summed E-state index contributed by atoms with van der Waals surface area (Å²) >= 11 is 0. The van der Waals surface area contributed by atoms with Gasteiger partial charge in [-0.25, -0.2) is 0 Å². The first-order chi connectivity index (χ1) is 9.75. The maximum Gasteiger partial charge on any atom is 0.160 e. The van der Waals surface area contributed by atoms with Crippen LogP contribution in [0.15, 0.2) is 42.9 Å². The molecule has 20 heavy (non-hydrogen) atoms. The standard InChI is InChI=1S/C15H17N5/c1-11-6-7-16-9-13(11)10-17-12(2)15-19-18-14-5-3-4-8-20(14)15/h3-9,12,17H,10H2,1-2H3. The fourth-order valence-corrected chi connectivity index (χ4v) is 2.19. The number of fused-ring (bicyclic) bond motifs is 1. The lowest BCUT2D eigenvalue weighted by Crippen LogP contribution is -2.20. The van der Waals surface area contributed by atoms with Crippen molar-refractivity contribution < 1.29 is 0 Å². The SMILES string of the molecule is Cc1ccncc1CNC(C)c1nnc2ccccn12. The number of nitrogens with zero attached hydrogens (tertiary/aromatic N) is 4. The largest absolute Gasteiger partial charge is 0.303 e. The molecule has 0 aliphatic rings. The maximum absolute atomic E-state index is 4.26. The molecule has 0 saturated carbocycles. The van der Waals surface area contributed by atoms with Gasteiger partial charge in [0.05, 0.1) is 6.04 Å². The van der Waals surface area contributed by atoms with Crippen molar-refractivity contribution in [3.8, 4) is 0 Å². The summed E-state index contributed by atoms with van der Waals surface area (Å²) < 4.78 is 2.01. The molecule has 0 fully saturated rings. The molecule has 1 unspecified atom stereocenters. The van der Waals surface area contributed by atoms with Gasteiger partial charge in [0, 0.05) is 25.1 Å². The smallest absolute Gasteiger partial charge is 0.160 e. The minimum absolute atomic E-state index is 0.118. The molecule has 3 rings (SSSR count). The average Bonchev–Trinajstić information content (AvgIpc) is 2.90. The van der Waals surface area contributed by atoms with Gasteiger partial charge in [-0.3, -0.25) is 9.38 Å². The lowest BCUT2D eigenvalue weighted by atomic mass is 10.1. The van der Waals surface area contributed by atoms with E-state index in [1.54, 1.807) is 0 Å². The molecule has 0 radical (unpaired) electrons. The van der Waals surface area contributed by atoms with E-state index in [4.69, 9.17) is 0 Å². The summed E-state index contributed by atoms with van der Waals surface area (Å²) in [6, 6.07) is 8.04. The number of hydrogen-bond donors (Lipinski definition) is 1. The second kappa shape index (κ2) is 5.38. The molecule has 0 spiro atoms. The molecule has 1 N–H and O–H groups in total. The molecule has 0 amide bonds. The molecular formula is C15H17N5. The highest BCUT2D eigenvalue weighted by molar-refractivity contribution is 5.37. The molecule has 0 aliphatic carbocycles. The summed E-state index contributed by atoms with van der Waals surface area (Å²) in [5.74, 6) is 0.919. The molecule has 3 aromatic heterocycles. The number of aromatic nitrogens is 4. The van der Waals surface area contributed by atoms with Crippen molar-refractivity contribution in [2.45, 2.75) is 26.4 Å². The van der Waals surface area contributed by atoms with Crippen LogP contribution < -0.4 is 5.32 Å². The first kappa shape index (κ1) is 12.7. The average molecular weight is 267 g/mol. The Hall–Kier alpha value is -2.27. The second-order valence-electron chi connectivity index (χ2n) is 4.89. The Morgan fingerprint density at radius 1 is 1.25 bits per heavy atom. The van der Waals surface area contributed by atoms with Crippen LogP contribution in [0.3, 0.4) is 0 Å². The maximum atomic E-state index is 4.26. The van der Waals surface area contributed by atoms with E-state index < -0.39 is 0 Å². The molecule has 0 aromatic carbocycles. The predicted octanol–water partition coefficient (Wildman–Crippen LogP) is 2.28. The third-order valence-electron chi connectivity index (χ3n) is 3.47. The van der Waals surface area contributed by atoms with E-state index in [9.17, 15) is 0 Å². The number of nitrogens with one attached hydrogen (secondary N) is 1. The summed E-state index contributed by atoms with van der Waals surface area (Å²) in [5, 5.41) is 11.9. The fourth-order valence-electron chi connectivity index (χ4n) is 2.19. The van der Waals surface area contributed by atoms with Gasteiger partial charge >= 0.3 is 0 Å². The molecule has 0 saturated heterocycles. The summed E-state index contributed by atoms with van der Waals surface area (Å²) in [7, 11) is 0. The van der Waals surface area contributed by atoms with E-state index in [-0.39, 0.29) is 6.04 Å². The van der Waals surface area contributed by atoms with Gasteiger partial charge < -0.3 is 5.32 Å². The van der Waals surface area contributed by atoms with Crippen LogP contribution in [0.2, 0.25) is 0 Å². The highest BCUT2D eigenvalue weighted by Crippen LogP contribution is 2.13. The Morgan fingerprint density at radius 3 is 3.00 bits per heavy atom. The van der Waals surface area contributed by atoms with Gasteiger partial charge in [-0.15, -0.1) is 10.2 Å². The first-order valence-corrected chi connectivity index (χ1v) is 6.68. The van der Waals surface area contributed by atoms with Gasteiger partial charge in [-0.2, -0.15) is 0 Å². The third kappa shape index (κ3) is 2.40. The zero-order chi connectivity index (χ0) is 13.9. The Labute approximate surface area is 117 Å². The summed E-state index contributed by atoms with van der Waals surface area (Å²) in [5.41, 5.74) is 3.31. The Kier molecular flexibility index (Phi) is 3.43. The first-order valence-electron chi connectivity index (χ1n) is 6.68. The van der Waals surface area contributed by atoms with Gasteiger partial charge in [0.2, 0.25) is 0 Å². The summed E-state index contributed by atoms with van der Waals surface area (Å²) in [4.78, 5) is 4.16. The van der Waals surface area contributed by atoms with Gasteiger partial charge in [-0.05, 0) is 43.2 Å². The highest BCUT2D eigenvalue weighted by atomic mass is 15.3. The quantitative estimate of drug-likeness (QED) is 0.788. The van der Waals surface area contributed by atoms with Crippen LogP contribution in [0.5, 0.6) is 0 Å². The zero-order valence-corrected chi connectivity index (χ0v) is 11.6. The Balaban J connectivity index is 1.77. The molecule has 0 aliphatic heterocycles. The van der Waals surface area contributed by atoms with Crippen molar-refractivity contribution in [3.63, 3.8) is 0 Å². The molecule has 3 aromatic rings. The number of hydrogen-bond acceptors (Lipinski definition) is 4. The highest BCUT2D eigenvalue weighted by Gasteiger charge is 2.12. The molecule has 102 valence electrons. The van der Waals surface area contributed by atoms with Crippen molar-refractivity contribution in [1.29, 1.82) is 0 Å². The molecular weight excluding hydrogens is 250 g/mol. The van der Waals surface area contributed by atoms with Crippen molar-refractivity contribution in [3.05, 3.63) is 59.8 Å². The normalized spacial score (nSPS) is 12.7. The van der Waals surface area contributed by atoms with E-state index in [1.165, 1.54) is 11.1 Å². The summed E-state index contributed by atoms with van der Waals surface area (Å²) in [6.07, 6.45) is 5.70. The molecule has 1 atom stereocenters. The van der Waals surface area contributed by atoms with Crippen LogP contribution >= 0.6 is 0 Å². The van der Waals surface area contributed by atoms with E-state index in [0.717, 1.165) is 18.0 Å². The minimum Gasteiger partial charge on any atom is -0.303 e. The molecule has 0 bridgehead atoms. The van der Waals surface area contributed by atoms with Crippen LogP contribution in [-0.4, -0.2) is 19.6 Å². The van der Waals surface area contributed by atoms with E-state index in [0.29, 0.717) is 0 Å². The lowest BCUT2D eigenvalue weighted by molar-refractivity contribution is 0.540. The topological polar surface area (TPSA) is 55.1 Å². The lowest BCUT2D eigenvalue weighted by Gasteiger charge is -2.13. The van der Waals surface area contributed by atoms with Gasteiger partial charge in [0.25, 0.3) is 0 Å². The number of pyridine rings is 2. The molecule has 5 nitrogen and oxygen atoms in total. The molecule has 5 heteroatoms. The third-order valence-corrected chi connectivity index (χ3v) is 3.47. The van der Waals surface area contributed by atoms with Crippen LogP contribution in [-0.2, 0) is 6.54 Å². The monoisotopic (exact) mass is 267 g/mol. The fraction of sp³-hybridized carbons (Fsp3) is 0.267. The molecule has 3 heterocycles. The number of rotatable bonds is 4. The van der Waals surface area contributed by atoms with E-state index in [2.05, 4.69) is 34.3 Å². The van der Waals surface area contributed by atoms with Crippen LogP contribution in [0.4, 0.5) is 0 Å². The Morgan fingerprint density at radius 2 is 2.15 bits per heavy atom. The van der Waals surface area contributed by atoms with Crippen molar-refractivity contribution in [2.24, 2.45) is 0 Å². The Bertz CT molecular complexity index is 719. The van der Waals surface area contributed by atoms with Gasteiger partial charge in [-0.1, -0.05) is 6.07 Å². The minimum atomic E-state index is 0.118. The van der Waals surface area contributed by atoms with Crippen LogP contribution in [0.1, 0.15) is 29.9 Å². The van der Waals surface area contributed by atoms with Crippen molar-refractivity contribution >= 4 is 5.65 Å². The summed E-state index contributed by atoms with van der Waals surface area (Å²) in [6.45, 7) is 4.95. The van der Waals surface area contributed by atoms with Crippen molar-refractivity contribution in [2.75, 3.05) is 0 Å². The van der Waals surface area contributed by atoms with E-state index in [1.807, 2.05) is 47.3 Å². The van der Waals surface area contributed by atoms with E-state index >= 15 is 0 Å². The predicted molar refractivity (Wildman–Crippen MR) is 77.2 cm³/mol.